The molecule has 21 heavy (non-hydrogen) atoms. The van der Waals surface area contributed by atoms with Crippen LogP contribution in [0.15, 0.2) is 22.5 Å². The molecule has 2 aromatic rings. The van der Waals surface area contributed by atoms with Gasteiger partial charge in [0, 0.05) is 11.6 Å². The molecule has 112 valence electrons. The number of benzene rings is 1. The van der Waals surface area contributed by atoms with Gasteiger partial charge in [-0.25, -0.2) is 4.98 Å². The van der Waals surface area contributed by atoms with Gasteiger partial charge in [-0.2, -0.15) is 0 Å². The predicted octanol–water partition coefficient (Wildman–Crippen LogP) is 3.33. The summed E-state index contributed by atoms with van der Waals surface area (Å²) in [4.78, 5) is 16.9. The Morgan fingerprint density at radius 1 is 1.52 bits per heavy atom. The van der Waals surface area contributed by atoms with Gasteiger partial charge in [-0.15, -0.1) is 11.3 Å². The van der Waals surface area contributed by atoms with Gasteiger partial charge in [0.05, 0.1) is 10.2 Å². The van der Waals surface area contributed by atoms with Crippen LogP contribution in [-0.4, -0.2) is 23.7 Å². The number of nitrogens with zero attached hydrogens (tertiary/aromatic N) is 1. The van der Waals surface area contributed by atoms with Crippen LogP contribution in [-0.2, 0) is 4.79 Å². The number of nitrogens with two attached hydrogens (primary N) is 1. The summed E-state index contributed by atoms with van der Waals surface area (Å²) >= 11 is 3.30. The second-order valence-corrected chi connectivity index (χ2v) is 7.47. The molecule has 0 bridgehead atoms. The quantitative estimate of drug-likeness (QED) is 0.848. The van der Waals surface area contributed by atoms with Crippen molar-refractivity contribution in [3.63, 3.8) is 0 Å². The Labute approximate surface area is 132 Å². The van der Waals surface area contributed by atoms with Crippen LogP contribution in [0, 0.1) is 11.8 Å². The van der Waals surface area contributed by atoms with E-state index in [0.29, 0.717) is 12.5 Å². The first-order valence-corrected chi connectivity index (χ1v) is 9.21. The van der Waals surface area contributed by atoms with E-state index in [4.69, 9.17) is 5.73 Å². The number of nitrogens with one attached hydrogen (secondary N) is 1. The van der Waals surface area contributed by atoms with Crippen molar-refractivity contribution in [2.75, 3.05) is 18.1 Å². The molecule has 1 heterocycles. The monoisotopic (exact) mass is 321 g/mol. The number of rotatable bonds is 4. The zero-order valence-corrected chi connectivity index (χ0v) is 13.6. The van der Waals surface area contributed by atoms with Gasteiger partial charge < -0.3 is 11.1 Å². The standard InChI is InChI=1S/C15H19N3OS2/c1-20-15-18-12-6-5-10(7-13(12)21-15)17-14(19)11-4-2-3-9(11)8-16/h5-7,9,11H,2-4,8,16H2,1H3,(H,17,19). The third-order valence-corrected chi connectivity index (χ3v) is 6.11. The van der Waals surface area contributed by atoms with Gasteiger partial charge >= 0.3 is 0 Å². The lowest BCUT2D eigenvalue weighted by Gasteiger charge is -2.17. The predicted molar refractivity (Wildman–Crippen MR) is 89.9 cm³/mol. The first-order chi connectivity index (χ1) is 10.2. The SMILES string of the molecule is CSc1nc2ccc(NC(=O)C3CCCC3CN)cc2s1. The third kappa shape index (κ3) is 3.07. The van der Waals surface area contributed by atoms with E-state index in [1.54, 1.807) is 23.1 Å². The summed E-state index contributed by atoms with van der Waals surface area (Å²) in [7, 11) is 0. The van der Waals surface area contributed by atoms with Crippen LogP contribution in [0.1, 0.15) is 19.3 Å². The molecule has 1 aliphatic carbocycles. The first kappa shape index (κ1) is 14.8. The number of amides is 1. The summed E-state index contributed by atoms with van der Waals surface area (Å²) in [6, 6.07) is 5.91. The van der Waals surface area contributed by atoms with Gasteiger partial charge in [-0.3, -0.25) is 4.79 Å². The highest BCUT2D eigenvalue weighted by Gasteiger charge is 2.31. The summed E-state index contributed by atoms with van der Waals surface area (Å²) < 4.78 is 2.16. The fraction of sp³-hybridized carbons (Fsp3) is 0.467. The zero-order valence-electron chi connectivity index (χ0n) is 12.0. The molecular weight excluding hydrogens is 302 g/mol. The molecule has 3 N–H and O–H groups in total. The molecule has 1 aromatic heterocycles. The lowest BCUT2D eigenvalue weighted by atomic mass is 9.95. The van der Waals surface area contributed by atoms with Crippen molar-refractivity contribution in [3.8, 4) is 0 Å². The average Bonchev–Trinajstić information content (AvgIpc) is 3.12. The molecule has 3 rings (SSSR count). The highest BCUT2D eigenvalue weighted by Crippen LogP contribution is 2.33. The summed E-state index contributed by atoms with van der Waals surface area (Å²) in [6.07, 6.45) is 5.14. The van der Waals surface area contributed by atoms with Crippen LogP contribution in [0.25, 0.3) is 10.2 Å². The van der Waals surface area contributed by atoms with Gasteiger partial charge in [0.15, 0.2) is 4.34 Å². The normalized spacial score (nSPS) is 21.8. The maximum absolute atomic E-state index is 12.4. The minimum absolute atomic E-state index is 0.0638. The Balaban J connectivity index is 1.76. The Morgan fingerprint density at radius 2 is 2.38 bits per heavy atom. The van der Waals surface area contributed by atoms with E-state index in [-0.39, 0.29) is 11.8 Å². The fourth-order valence-electron chi connectivity index (χ4n) is 2.97. The van der Waals surface area contributed by atoms with Crippen molar-refractivity contribution in [2.24, 2.45) is 17.6 Å². The Kier molecular flexibility index (Phi) is 4.47. The van der Waals surface area contributed by atoms with Gasteiger partial charge in [-0.05, 0) is 49.8 Å². The summed E-state index contributed by atoms with van der Waals surface area (Å²) in [6.45, 7) is 0.600. The van der Waals surface area contributed by atoms with Crippen molar-refractivity contribution in [3.05, 3.63) is 18.2 Å². The second-order valence-electron chi connectivity index (χ2n) is 5.39. The number of thioether (sulfide) groups is 1. The number of hydrogen-bond donors (Lipinski definition) is 2. The van der Waals surface area contributed by atoms with E-state index >= 15 is 0 Å². The molecule has 6 heteroatoms. The van der Waals surface area contributed by atoms with Gasteiger partial charge in [0.25, 0.3) is 0 Å². The van der Waals surface area contributed by atoms with Gasteiger partial charge in [-0.1, -0.05) is 18.2 Å². The maximum atomic E-state index is 12.4. The largest absolute Gasteiger partial charge is 0.330 e. The molecule has 2 unspecified atom stereocenters. The lowest BCUT2D eigenvalue weighted by molar-refractivity contribution is -0.120. The van der Waals surface area contributed by atoms with Gasteiger partial charge in [0.1, 0.15) is 0 Å². The van der Waals surface area contributed by atoms with Crippen LogP contribution >= 0.6 is 23.1 Å². The Hall–Kier alpha value is -1.11. The zero-order chi connectivity index (χ0) is 14.8. The van der Waals surface area contributed by atoms with Gasteiger partial charge in [0.2, 0.25) is 5.91 Å². The maximum Gasteiger partial charge on any atom is 0.227 e. The molecule has 1 aromatic carbocycles. The van der Waals surface area contributed by atoms with E-state index in [2.05, 4.69) is 10.3 Å². The van der Waals surface area contributed by atoms with Crippen LogP contribution in [0.2, 0.25) is 0 Å². The number of carbonyl (C=O) groups is 1. The molecule has 1 fully saturated rings. The topological polar surface area (TPSA) is 68.0 Å². The van der Waals surface area contributed by atoms with Crippen molar-refractivity contribution in [2.45, 2.75) is 23.6 Å². The van der Waals surface area contributed by atoms with E-state index in [1.165, 1.54) is 0 Å². The molecule has 0 spiro atoms. The Morgan fingerprint density at radius 3 is 3.14 bits per heavy atom. The highest BCUT2D eigenvalue weighted by molar-refractivity contribution is 8.00. The minimum Gasteiger partial charge on any atom is -0.330 e. The fourth-order valence-corrected chi connectivity index (χ4v) is 4.50. The molecule has 0 saturated heterocycles. The summed E-state index contributed by atoms with van der Waals surface area (Å²) in [5, 5.41) is 3.05. The molecule has 1 saturated carbocycles. The number of fused-ring (bicyclic) bond motifs is 1. The Bertz CT molecular complexity index is 655. The number of aromatic nitrogens is 1. The van der Waals surface area contributed by atoms with Crippen molar-refractivity contribution >= 4 is 44.9 Å². The third-order valence-electron chi connectivity index (χ3n) is 4.11. The molecule has 2 atom stereocenters. The molecule has 1 amide bonds. The molecule has 1 aliphatic rings. The van der Waals surface area contributed by atoms with E-state index in [1.807, 2.05) is 24.5 Å². The summed E-state index contributed by atoms with van der Waals surface area (Å²) in [5.74, 6) is 0.506. The average molecular weight is 321 g/mol. The van der Waals surface area contributed by atoms with Crippen molar-refractivity contribution in [1.29, 1.82) is 0 Å². The smallest absolute Gasteiger partial charge is 0.227 e. The number of hydrogen-bond acceptors (Lipinski definition) is 5. The van der Waals surface area contributed by atoms with E-state index in [0.717, 1.165) is 39.5 Å². The van der Waals surface area contributed by atoms with Crippen LogP contribution in [0.3, 0.4) is 0 Å². The second kappa shape index (κ2) is 6.34. The molecular formula is C15H19N3OS2. The van der Waals surface area contributed by atoms with E-state index < -0.39 is 0 Å². The summed E-state index contributed by atoms with van der Waals surface area (Å²) in [5.41, 5.74) is 7.60. The van der Waals surface area contributed by atoms with Crippen molar-refractivity contribution in [1.82, 2.24) is 4.98 Å². The van der Waals surface area contributed by atoms with Crippen LogP contribution in [0.5, 0.6) is 0 Å². The lowest BCUT2D eigenvalue weighted by Crippen LogP contribution is -2.29. The number of thiazole rings is 1. The first-order valence-electron chi connectivity index (χ1n) is 7.16. The van der Waals surface area contributed by atoms with Crippen molar-refractivity contribution < 1.29 is 4.79 Å². The minimum atomic E-state index is 0.0638. The van der Waals surface area contributed by atoms with E-state index in [9.17, 15) is 4.79 Å². The number of anilines is 1. The number of carbonyl (C=O) groups excluding carboxylic acids is 1. The molecule has 0 aliphatic heterocycles. The highest BCUT2D eigenvalue weighted by atomic mass is 32.2. The molecule has 4 nitrogen and oxygen atoms in total. The van der Waals surface area contributed by atoms with Crippen LogP contribution in [0.4, 0.5) is 5.69 Å². The van der Waals surface area contributed by atoms with Crippen LogP contribution < -0.4 is 11.1 Å². The molecule has 0 radical (unpaired) electrons.